The molecule has 3 N–H and O–H groups in total. The van der Waals surface area contributed by atoms with E-state index < -0.39 is 11.9 Å². The van der Waals surface area contributed by atoms with Crippen LogP contribution in [0.4, 0.5) is 11.4 Å². The molecule has 0 bridgehead atoms. The number of hydrogen-bond donors (Lipinski definition) is 3. The van der Waals surface area contributed by atoms with Crippen LogP contribution in [0.15, 0.2) is 36.7 Å². The Bertz CT molecular complexity index is 683. The van der Waals surface area contributed by atoms with E-state index >= 15 is 0 Å². The molecular formula is C14H12N2O4. The van der Waals surface area contributed by atoms with Gasteiger partial charge >= 0.3 is 11.9 Å². The van der Waals surface area contributed by atoms with Crippen LogP contribution in [0.2, 0.25) is 0 Å². The smallest absolute Gasteiger partial charge is 0.337 e. The maximum atomic E-state index is 11.2. The molecule has 6 nitrogen and oxygen atoms in total. The fourth-order valence-electron chi connectivity index (χ4n) is 1.72. The minimum atomic E-state index is -1.09. The molecular weight excluding hydrogens is 260 g/mol. The molecule has 6 heteroatoms. The number of nitrogens with zero attached hydrogens (tertiary/aromatic N) is 1. The molecule has 0 radical (unpaired) electrons. The van der Waals surface area contributed by atoms with Gasteiger partial charge in [0, 0.05) is 6.20 Å². The second kappa shape index (κ2) is 5.40. The van der Waals surface area contributed by atoms with E-state index in [1.165, 1.54) is 18.5 Å². The van der Waals surface area contributed by atoms with Gasteiger partial charge in [-0.2, -0.15) is 0 Å². The van der Waals surface area contributed by atoms with Crippen LogP contribution in [0.1, 0.15) is 26.3 Å². The third kappa shape index (κ3) is 2.92. The van der Waals surface area contributed by atoms with E-state index in [1.54, 1.807) is 25.1 Å². The van der Waals surface area contributed by atoms with Crippen LogP contribution in [-0.2, 0) is 0 Å². The van der Waals surface area contributed by atoms with E-state index in [0.29, 0.717) is 11.4 Å². The average molecular weight is 272 g/mol. The number of pyridine rings is 1. The van der Waals surface area contributed by atoms with Gasteiger partial charge in [-0.25, -0.2) is 9.59 Å². The third-order valence-corrected chi connectivity index (χ3v) is 2.67. The monoisotopic (exact) mass is 272 g/mol. The maximum absolute atomic E-state index is 11.2. The lowest BCUT2D eigenvalue weighted by Gasteiger charge is -2.10. The van der Waals surface area contributed by atoms with E-state index in [2.05, 4.69) is 10.3 Å². The number of aromatic nitrogens is 1. The van der Waals surface area contributed by atoms with E-state index in [9.17, 15) is 9.59 Å². The number of carboxylic acids is 2. The first kappa shape index (κ1) is 13.5. The van der Waals surface area contributed by atoms with Crippen molar-refractivity contribution in [1.82, 2.24) is 4.98 Å². The molecule has 1 heterocycles. The van der Waals surface area contributed by atoms with Crippen molar-refractivity contribution in [1.29, 1.82) is 0 Å². The van der Waals surface area contributed by atoms with Crippen LogP contribution in [0.3, 0.4) is 0 Å². The highest BCUT2D eigenvalue weighted by Crippen LogP contribution is 2.22. The molecule has 0 fully saturated rings. The number of anilines is 2. The van der Waals surface area contributed by atoms with Gasteiger partial charge in [-0.3, -0.25) is 4.98 Å². The quantitative estimate of drug-likeness (QED) is 0.790. The second-order valence-electron chi connectivity index (χ2n) is 4.25. The van der Waals surface area contributed by atoms with Crippen LogP contribution in [-0.4, -0.2) is 27.1 Å². The van der Waals surface area contributed by atoms with Crippen molar-refractivity contribution in [2.75, 3.05) is 5.32 Å². The van der Waals surface area contributed by atoms with Gasteiger partial charge in [0.15, 0.2) is 0 Å². The number of carbonyl (C=O) groups is 2. The predicted molar refractivity (Wildman–Crippen MR) is 72.6 cm³/mol. The minimum Gasteiger partial charge on any atom is -0.478 e. The zero-order valence-electron chi connectivity index (χ0n) is 10.6. The van der Waals surface area contributed by atoms with Gasteiger partial charge < -0.3 is 15.5 Å². The van der Waals surface area contributed by atoms with Gasteiger partial charge in [0.1, 0.15) is 0 Å². The van der Waals surface area contributed by atoms with Gasteiger partial charge in [0.05, 0.1) is 28.7 Å². The van der Waals surface area contributed by atoms with Gasteiger partial charge in [0.25, 0.3) is 0 Å². The second-order valence-corrected chi connectivity index (χ2v) is 4.25. The molecule has 20 heavy (non-hydrogen) atoms. The molecule has 0 aliphatic heterocycles. The lowest BCUT2D eigenvalue weighted by Crippen LogP contribution is -2.04. The minimum absolute atomic E-state index is 0.0268. The Kier molecular flexibility index (Phi) is 3.65. The summed E-state index contributed by atoms with van der Waals surface area (Å²) in [6.07, 6.45) is 2.65. The molecule has 0 amide bonds. The van der Waals surface area contributed by atoms with Gasteiger partial charge in [-0.1, -0.05) is 11.6 Å². The molecule has 0 saturated carbocycles. The summed E-state index contributed by atoms with van der Waals surface area (Å²) in [4.78, 5) is 25.9. The number of carboxylic acid groups (broad SMARTS) is 2. The Balaban J connectivity index is 2.37. The Labute approximate surface area is 114 Å². The molecule has 0 atom stereocenters. The Morgan fingerprint density at radius 1 is 1.10 bits per heavy atom. The maximum Gasteiger partial charge on any atom is 0.337 e. The summed E-state index contributed by atoms with van der Waals surface area (Å²) < 4.78 is 0. The molecule has 0 aliphatic carbocycles. The van der Waals surface area contributed by atoms with Crippen LogP contribution < -0.4 is 5.32 Å². The number of aryl methyl sites for hydroxylation is 1. The van der Waals surface area contributed by atoms with Gasteiger partial charge in [0.2, 0.25) is 0 Å². The highest BCUT2D eigenvalue weighted by molar-refractivity contribution is 5.95. The summed E-state index contributed by atoms with van der Waals surface area (Å²) in [7, 11) is 0. The summed E-state index contributed by atoms with van der Waals surface area (Å²) in [5, 5.41) is 20.9. The average Bonchev–Trinajstić information content (AvgIpc) is 2.41. The molecule has 0 spiro atoms. The fraction of sp³-hybridized carbons (Fsp3) is 0.0714. The van der Waals surface area contributed by atoms with E-state index in [1.807, 2.05) is 0 Å². The topological polar surface area (TPSA) is 99.5 Å². The van der Waals surface area contributed by atoms with Gasteiger partial charge in [-0.05, 0) is 25.1 Å². The largest absolute Gasteiger partial charge is 0.478 e. The molecule has 0 unspecified atom stereocenters. The van der Waals surface area contributed by atoms with Crippen LogP contribution >= 0.6 is 0 Å². The number of hydrogen-bond acceptors (Lipinski definition) is 4. The molecule has 0 saturated heterocycles. The van der Waals surface area contributed by atoms with Crippen molar-refractivity contribution in [3.8, 4) is 0 Å². The molecule has 1 aromatic carbocycles. The SMILES string of the molecule is Cc1ccc(Nc2cncc(C(=O)O)c2)c(C(=O)O)c1. The Morgan fingerprint density at radius 2 is 1.85 bits per heavy atom. The van der Waals surface area contributed by atoms with Crippen molar-refractivity contribution < 1.29 is 19.8 Å². The lowest BCUT2D eigenvalue weighted by atomic mass is 10.1. The molecule has 0 aliphatic rings. The first-order valence-electron chi connectivity index (χ1n) is 5.76. The zero-order chi connectivity index (χ0) is 14.7. The number of benzene rings is 1. The van der Waals surface area contributed by atoms with Crippen LogP contribution in [0, 0.1) is 6.92 Å². The summed E-state index contributed by atoms with van der Waals surface area (Å²) in [6, 6.07) is 6.33. The van der Waals surface area contributed by atoms with E-state index in [4.69, 9.17) is 10.2 Å². The van der Waals surface area contributed by atoms with Crippen LogP contribution in [0.5, 0.6) is 0 Å². The van der Waals surface area contributed by atoms with Crippen molar-refractivity contribution in [2.24, 2.45) is 0 Å². The highest BCUT2D eigenvalue weighted by atomic mass is 16.4. The van der Waals surface area contributed by atoms with Crippen molar-refractivity contribution in [2.45, 2.75) is 6.92 Å². The zero-order valence-corrected chi connectivity index (χ0v) is 10.6. The summed E-state index contributed by atoms with van der Waals surface area (Å²) in [5.74, 6) is -2.15. The molecule has 2 rings (SSSR count). The summed E-state index contributed by atoms with van der Waals surface area (Å²) >= 11 is 0. The molecule has 102 valence electrons. The van der Waals surface area contributed by atoms with Crippen molar-refractivity contribution in [3.05, 3.63) is 53.3 Å². The number of nitrogens with one attached hydrogen (secondary N) is 1. The summed E-state index contributed by atoms with van der Waals surface area (Å²) in [5.41, 5.74) is 1.76. The van der Waals surface area contributed by atoms with Crippen molar-refractivity contribution >= 4 is 23.3 Å². The normalized spacial score (nSPS) is 10.1. The van der Waals surface area contributed by atoms with E-state index in [0.717, 1.165) is 5.56 Å². The molecule has 2 aromatic rings. The Morgan fingerprint density at radius 3 is 2.50 bits per heavy atom. The van der Waals surface area contributed by atoms with Crippen molar-refractivity contribution in [3.63, 3.8) is 0 Å². The number of rotatable bonds is 4. The van der Waals surface area contributed by atoms with Crippen LogP contribution in [0.25, 0.3) is 0 Å². The van der Waals surface area contributed by atoms with Gasteiger partial charge in [-0.15, -0.1) is 0 Å². The first-order chi connectivity index (χ1) is 9.47. The Hall–Kier alpha value is -2.89. The van der Waals surface area contributed by atoms with E-state index in [-0.39, 0.29) is 11.1 Å². The summed E-state index contributed by atoms with van der Waals surface area (Å²) in [6.45, 7) is 1.79. The standard InChI is InChI=1S/C14H12N2O4/c1-8-2-3-12(11(4-8)14(19)20)16-10-5-9(13(17)18)6-15-7-10/h2-7,16H,1H3,(H,17,18)(H,19,20). The number of aromatic carboxylic acids is 2. The first-order valence-corrected chi connectivity index (χ1v) is 5.76. The predicted octanol–water partition coefficient (Wildman–Crippen LogP) is 2.53. The fourth-order valence-corrected chi connectivity index (χ4v) is 1.72. The lowest BCUT2D eigenvalue weighted by molar-refractivity contribution is 0.0686. The third-order valence-electron chi connectivity index (χ3n) is 2.67. The highest BCUT2D eigenvalue weighted by Gasteiger charge is 2.11. The molecule has 1 aromatic heterocycles.